The van der Waals surface area contributed by atoms with E-state index in [1.165, 1.54) is 5.69 Å². The molecule has 1 saturated heterocycles. The summed E-state index contributed by atoms with van der Waals surface area (Å²) in [6.45, 7) is 8.24. The summed E-state index contributed by atoms with van der Waals surface area (Å²) < 4.78 is 2.07. The second-order valence-electron chi connectivity index (χ2n) is 6.96. The first-order valence-corrected chi connectivity index (χ1v) is 10.2. The van der Waals surface area contributed by atoms with Crippen molar-refractivity contribution in [1.29, 1.82) is 0 Å². The van der Waals surface area contributed by atoms with E-state index in [0.717, 1.165) is 48.3 Å². The Bertz CT molecular complexity index is 909. The van der Waals surface area contributed by atoms with E-state index in [9.17, 15) is 4.79 Å². The van der Waals surface area contributed by atoms with Crippen molar-refractivity contribution < 1.29 is 4.79 Å². The number of anilines is 1. The number of para-hydroxylation sites is 1. The van der Waals surface area contributed by atoms with E-state index in [4.69, 9.17) is 0 Å². The van der Waals surface area contributed by atoms with E-state index in [2.05, 4.69) is 43.6 Å². The van der Waals surface area contributed by atoms with E-state index in [-0.39, 0.29) is 5.78 Å². The van der Waals surface area contributed by atoms with Gasteiger partial charge in [-0.3, -0.25) is 14.3 Å². The van der Waals surface area contributed by atoms with Gasteiger partial charge in [-0.2, -0.15) is 0 Å². The molecule has 140 valence electrons. The minimum absolute atomic E-state index is 0.194. The molecule has 3 heterocycles. The van der Waals surface area contributed by atoms with Crippen molar-refractivity contribution in [2.45, 2.75) is 13.8 Å². The summed E-state index contributed by atoms with van der Waals surface area (Å²) in [6, 6.07) is 12.5. The van der Waals surface area contributed by atoms with E-state index in [1.807, 2.05) is 31.4 Å². The molecule has 5 nitrogen and oxygen atoms in total. The van der Waals surface area contributed by atoms with Crippen molar-refractivity contribution in [1.82, 2.24) is 14.5 Å². The molecule has 0 atom stereocenters. The lowest BCUT2D eigenvalue weighted by atomic mass is 10.1. The number of thiazole rings is 1. The number of carbonyl (C=O) groups is 1. The number of hydrogen-bond donors (Lipinski definition) is 0. The number of Topliss-reactive ketones (excluding diaryl/α,β-unsaturated/α-hetero) is 1. The Balaban J connectivity index is 1.41. The quantitative estimate of drug-likeness (QED) is 0.635. The van der Waals surface area contributed by atoms with E-state index in [1.54, 1.807) is 17.5 Å². The normalized spacial score (nSPS) is 15.3. The summed E-state index contributed by atoms with van der Waals surface area (Å²) in [6.07, 6.45) is 1.80. The maximum Gasteiger partial charge on any atom is 0.193 e. The van der Waals surface area contributed by atoms with Gasteiger partial charge in [0.2, 0.25) is 0 Å². The second-order valence-corrected chi connectivity index (χ2v) is 7.83. The Labute approximate surface area is 163 Å². The minimum Gasteiger partial charge on any atom is -0.369 e. The standard InChI is InChI=1S/C21H24N4OS/c1-16-14-19(17(2)25(16)21-22-8-13-27-21)20(26)15-23-9-11-24(12-10-23)18-6-4-3-5-7-18/h3-8,13-14H,9-12,15H2,1-2H3. The third-order valence-corrected chi connectivity index (χ3v) is 5.96. The molecule has 0 spiro atoms. The Morgan fingerprint density at radius 3 is 2.52 bits per heavy atom. The molecule has 1 aliphatic rings. The molecule has 4 rings (SSSR count). The topological polar surface area (TPSA) is 41.4 Å². The van der Waals surface area contributed by atoms with Crippen LogP contribution in [0.4, 0.5) is 5.69 Å². The van der Waals surface area contributed by atoms with Gasteiger partial charge in [-0.1, -0.05) is 18.2 Å². The molecule has 0 N–H and O–H groups in total. The van der Waals surface area contributed by atoms with Crippen molar-refractivity contribution in [3.05, 3.63) is 64.9 Å². The first kappa shape index (κ1) is 17.9. The van der Waals surface area contributed by atoms with E-state index >= 15 is 0 Å². The number of benzene rings is 1. The molecular weight excluding hydrogens is 356 g/mol. The third-order valence-electron chi connectivity index (χ3n) is 5.20. The average molecular weight is 381 g/mol. The number of aryl methyl sites for hydroxylation is 1. The molecule has 1 aliphatic heterocycles. The SMILES string of the molecule is Cc1cc(C(=O)CN2CCN(c3ccccc3)CC2)c(C)n1-c1nccs1. The predicted molar refractivity (Wildman–Crippen MR) is 110 cm³/mol. The zero-order valence-corrected chi connectivity index (χ0v) is 16.6. The van der Waals surface area contributed by atoms with Crippen LogP contribution in [0.2, 0.25) is 0 Å². The number of ketones is 1. The number of nitrogens with zero attached hydrogens (tertiary/aromatic N) is 4. The summed E-state index contributed by atoms with van der Waals surface area (Å²) in [5.74, 6) is 0.194. The van der Waals surface area contributed by atoms with Crippen LogP contribution in [0.3, 0.4) is 0 Å². The molecule has 0 radical (unpaired) electrons. The largest absolute Gasteiger partial charge is 0.369 e. The highest BCUT2D eigenvalue weighted by atomic mass is 32.1. The van der Waals surface area contributed by atoms with Crippen molar-refractivity contribution >= 4 is 22.8 Å². The van der Waals surface area contributed by atoms with Crippen molar-refractivity contribution in [2.75, 3.05) is 37.6 Å². The first-order chi connectivity index (χ1) is 13.1. The third kappa shape index (κ3) is 3.68. The van der Waals surface area contributed by atoms with E-state index in [0.29, 0.717) is 6.54 Å². The molecule has 2 aromatic heterocycles. The van der Waals surface area contributed by atoms with E-state index < -0.39 is 0 Å². The first-order valence-electron chi connectivity index (χ1n) is 9.28. The maximum absolute atomic E-state index is 12.9. The fraction of sp³-hybridized carbons (Fsp3) is 0.333. The summed E-state index contributed by atoms with van der Waals surface area (Å²) in [7, 11) is 0. The van der Waals surface area contributed by atoms with Crippen molar-refractivity contribution in [3.63, 3.8) is 0 Å². The van der Waals surface area contributed by atoms with Crippen molar-refractivity contribution in [2.24, 2.45) is 0 Å². The van der Waals surface area contributed by atoms with Crippen LogP contribution in [-0.4, -0.2) is 53.0 Å². The molecule has 27 heavy (non-hydrogen) atoms. The predicted octanol–water partition coefficient (Wildman–Crippen LogP) is 3.56. The molecule has 0 unspecified atom stereocenters. The van der Waals surface area contributed by atoms with Crippen LogP contribution in [0.1, 0.15) is 21.7 Å². The second kappa shape index (κ2) is 7.66. The highest BCUT2D eigenvalue weighted by molar-refractivity contribution is 7.12. The Kier molecular flexibility index (Phi) is 5.09. The minimum atomic E-state index is 0.194. The summed E-state index contributed by atoms with van der Waals surface area (Å²) in [5, 5.41) is 2.88. The number of rotatable bonds is 5. The molecule has 1 fully saturated rings. The Morgan fingerprint density at radius 2 is 1.85 bits per heavy atom. The molecule has 0 aliphatic carbocycles. The van der Waals surface area contributed by atoms with Crippen LogP contribution in [-0.2, 0) is 0 Å². The van der Waals surface area contributed by atoms with Crippen LogP contribution < -0.4 is 4.90 Å². The zero-order valence-electron chi connectivity index (χ0n) is 15.8. The van der Waals surface area contributed by atoms with Crippen LogP contribution in [0.15, 0.2) is 48.0 Å². The van der Waals surface area contributed by atoms with Crippen LogP contribution in [0.25, 0.3) is 5.13 Å². The van der Waals surface area contributed by atoms with Crippen LogP contribution >= 0.6 is 11.3 Å². The van der Waals surface area contributed by atoms with Gasteiger partial charge in [0.25, 0.3) is 0 Å². The molecule has 1 aromatic carbocycles. The smallest absolute Gasteiger partial charge is 0.193 e. The van der Waals surface area contributed by atoms with Gasteiger partial charge in [0.15, 0.2) is 10.9 Å². The summed E-state index contributed by atoms with van der Waals surface area (Å²) in [4.78, 5) is 22.0. The molecular formula is C21H24N4OS. The Morgan fingerprint density at radius 1 is 1.11 bits per heavy atom. The summed E-state index contributed by atoms with van der Waals surface area (Å²) >= 11 is 1.59. The average Bonchev–Trinajstić information content (AvgIpc) is 3.31. The van der Waals surface area contributed by atoms with Gasteiger partial charge in [-0.15, -0.1) is 11.3 Å². The fourth-order valence-corrected chi connectivity index (χ4v) is 4.51. The van der Waals surface area contributed by atoms with Gasteiger partial charge < -0.3 is 4.90 Å². The monoisotopic (exact) mass is 380 g/mol. The summed E-state index contributed by atoms with van der Waals surface area (Å²) in [5.41, 5.74) is 4.11. The fourth-order valence-electron chi connectivity index (χ4n) is 3.76. The molecule has 6 heteroatoms. The van der Waals surface area contributed by atoms with Crippen LogP contribution in [0, 0.1) is 13.8 Å². The molecule has 0 amide bonds. The highest BCUT2D eigenvalue weighted by Gasteiger charge is 2.23. The van der Waals surface area contributed by atoms with Crippen molar-refractivity contribution in [3.8, 4) is 5.13 Å². The molecule has 0 saturated carbocycles. The van der Waals surface area contributed by atoms with Gasteiger partial charge in [-0.25, -0.2) is 4.98 Å². The Hall–Kier alpha value is -2.44. The number of piperazine rings is 1. The van der Waals surface area contributed by atoms with Gasteiger partial charge in [0.05, 0.1) is 6.54 Å². The lowest BCUT2D eigenvalue weighted by Crippen LogP contribution is -2.48. The zero-order chi connectivity index (χ0) is 18.8. The highest BCUT2D eigenvalue weighted by Crippen LogP contribution is 2.23. The van der Waals surface area contributed by atoms with Gasteiger partial charge >= 0.3 is 0 Å². The number of carbonyl (C=O) groups excluding carboxylic acids is 1. The van der Waals surface area contributed by atoms with Gasteiger partial charge in [-0.05, 0) is 32.0 Å². The number of hydrogen-bond acceptors (Lipinski definition) is 5. The van der Waals surface area contributed by atoms with Gasteiger partial charge in [0, 0.05) is 60.4 Å². The maximum atomic E-state index is 12.9. The van der Waals surface area contributed by atoms with Gasteiger partial charge in [0.1, 0.15) is 0 Å². The lowest BCUT2D eigenvalue weighted by Gasteiger charge is -2.35. The molecule has 3 aromatic rings. The van der Waals surface area contributed by atoms with Crippen LogP contribution in [0.5, 0.6) is 0 Å². The molecule has 0 bridgehead atoms. The lowest BCUT2D eigenvalue weighted by molar-refractivity contribution is 0.0926. The number of aromatic nitrogens is 2.